The van der Waals surface area contributed by atoms with Gasteiger partial charge in [0.2, 0.25) is 6.10 Å². The molecular weight excluding hydrogens is 1170 g/mol. The van der Waals surface area contributed by atoms with E-state index in [1.807, 2.05) is 48.5 Å². The van der Waals surface area contributed by atoms with Gasteiger partial charge in [-0.25, -0.2) is 25.3 Å². The number of benzene rings is 9. The van der Waals surface area contributed by atoms with Gasteiger partial charge in [-0.1, -0.05) is 129 Å². The standard InChI is InChI=1S/C22H22O4S2.C21H17F3O5S.C20H18O5S/c1-2-17-5-6-19-16-20(8-7-18(19)15-17)26-13-3-4-14-27-21-9-11-22(12-10-21)28(23,24)25;1-2-14-7-9-15(10-8-14)29-20(21(22,23)24)13-28-18-11-12-19(30(25,26)27)17-6-4-3-5-16(17)18;1-2-15-7-9-16(10-8-15)24-13-14-25-19-11-12-20(26(21,22)23)18-6-4-3-5-17(18)19/h2,5-12,15-16H,1,3-4,13-14H2,(H,23,24,25);2-12,20H,1,13H2,(H,25,26,27);2-12H,1,13-14H2,(H,21,22,23)/p-3. The molecule has 9 rings (SSSR count). The van der Waals surface area contributed by atoms with E-state index in [4.69, 9.17) is 23.7 Å². The Balaban J connectivity index is 0.000000181. The van der Waals surface area contributed by atoms with Crippen molar-refractivity contribution in [2.45, 2.75) is 44.7 Å². The van der Waals surface area contributed by atoms with E-state index >= 15 is 0 Å². The number of halogens is 3. The number of thioether (sulfide) groups is 1. The second-order valence-corrected chi connectivity index (χ2v) is 23.4. The van der Waals surface area contributed by atoms with Crippen LogP contribution in [0.5, 0.6) is 28.7 Å². The highest BCUT2D eigenvalue weighted by molar-refractivity contribution is 7.99. The molecule has 438 valence electrons. The number of alkyl halides is 3. The summed E-state index contributed by atoms with van der Waals surface area (Å²) < 4.78 is 169. The predicted octanol–water partition coefficient (Wildman–Crippen LogP) is 14.0. The minimum atomic E-state index is -4.76. The molecule has 1 atom stereocenters. The molecule has 0 saturated heterocycles. The SMILES string of the molecule is C=Cc1ccc(OC(COc2ccc(S(=O)(=O)[O-])c3ccccc23)C(F)(F)F)cc1.C=Cc1ccc(OCCOc2ccc(S(=O)(=O)[O-])c3ccccc23)cc1.C=Cc1ccc2cc(OCCCCSc3ccc(S(=O)(=O)[O-])cc3)ccc2c1. The Morgan fingerprint density at radius 1 is 0.464 bits per heavy atom. The first-order valence-electron chi connectivity index (χ1n) is 25.5. The number of ether oxygens (including phenoxy) is 5. The van der Waals surface area contributed by atoms with Gasteiger partial charge >= 0.3 is 6.18 Å². The van der Waals surface area contributed by atoms with Crippen LogP contribution in [0.15, 0.2) is 221 Å². The Hall–Kier alpha value is -8.15. The van der Waals surface area contributed by atoms with Gasteiger partial charge in [-0.15, -0.1) is 11.8 Å². The van der Waals surface area contributed by atoms with Crippen molar-refractivity contribution in [1.82, 2.24) is 0 Å². The number of rotatable bonds is 23. The third-order valence-electron chi connectivity index (χ3n) is 12.4. The van der Waals surface area contributed by atoms with Crippen molar-refractivity contribution < 1.29 is 75.8 Å². The number of unbranched alkanes of at least 4 members (excludes halogenated alkanes) is 1. The average Bonchev–Trinajstić information content (AvgIpc) is 2.03. The molecule has 1 unspecified atom stereocenters. The third kappa shape index (κ3) is 18.2. The quantitative estimate of drug-likeness (QED) is 0.0330. The minimum Gasteiger partial charge on any atom is -0.744 e. The van der Waals surface area contributed by atoms with E-state index in [1.165, 1.54) is 54.6 Å². The third-order valence-corrected chi connectivity index (χ3v) is 16.1. The van der Waals surface area contributed by atoms with Gasteiger partial charge in [0.1, 0.15) is 78.9 Å². The zero-order valence-corrected chi connectivity index (χ0v) is 47.9. The molecule has 0 heterocycles. The topological polar surface area (TPSA) is 218 Å². The lowest BCUT2D eigenvalue weighted by atomic mass is 10.1. The highest BCUT2D eigenvalue weighted by Gasteiger charge is 2.42. The molecule has 0 amide bonds. The fourth-order valence-corrected chi connectivity index (χ4v) is 10.9. The molecule has 21 heteroatoms. The van der Waals surface area contributed by atoms with Crippen molar-refractivity contribution in [1.29, 1.82) is 0 Å². The molecular formula is C63H54F3O14S4-3. The van der Waals surface area contributed by atoms with Gasteiger partial charge in [0, 0.05) is 26.4 Å². The summed E-state index contributed by atoms with van der Waals surface area (Å²) in [4.78, 5) is 0.0264. The van der Waals surface area contributed by atoms with E-state index in [-0.39, 0.29) is 38.7 Å². The largest absolute Gasteiger partial charge is 0.744 e. The van der Waals surface area contributed by atoms with Gasteiger partial charge in [0.25, 0.3) is 0 Å². The summed E-state index contributed by atoms with van der Waals surface area (Å²) in [6, 6.07) is 49.3. The molecule has 84 heavy (non-hydrogen) atoms. The number of hydrogen-bond acceptors (Lipinski definition) is 15. The number of fused-ring (bicyclic) bond motifs is 3. The first-order valence-corrected chi connectivity index (χ1v) is 30.7. The maximum atomic E-state index is 13.4. The second kappa shape index (κ2) is 28.9. The smallest absolute Gasteiger partial charge is 0.428 e. The predicted molar refractivity (Wildman–Crippen MR) is 318 cm³/mol. The van der Waals surface area contributed by atoms with E-state index < -0.39 is 54.1 Å². The van der Waals surface area contributed by atoms with Gasteiger partial charge in [0.15, 0.2) is 0 Å². The van der Waals surface area contributed by atoms with Crippen molar-refractivity contribution >= 4 is 92.7 Å². The van der Waals surface area contributed by atoms with E-state index in [9.17, 15) is 52.1 Å². The van der Waals surface area contributed by atoms with E-state index in [2.05, 4.69) is 37.9 Å². The second-order valence-electron chi connectivity index (χ2n) is 18.1. The van der Waals surface area contributed by atoms with Crippen molar-refractivity contribution in [2.24, 2.45) is 0 Å². The molecule has 0 spiro atoms. The van der Waals surface area contributed by atoms with Crippen LogP contribution in [0, 0.1) is 0 Å². The lowest BCUT2D eigenvalue weighted by molar-refractivity contribution is -0.202. The van der Waals surface area contributed by atoms with Gasteiger partial charge < -0.3 is 37.3 Å². The van der Waals surface area contributed by atoms with Crippen LogP contribution in [0.3, 0.4) is 0 Å². The average molecular weight is 1220 g/mol. The molecule has 0 aliphatic carbocycles. The molecule has 0 N–H and O–H groups in total. The molecule has 0 aromatic heterocycles. The van der Waals surface area contributed by atoms with Crippen LogP contribution in [0.1, 0.15) is 29.5 Å². The van der Waals surface area contributed by atoms with Crippen molar-refractivity contribution in [2.75, 3.05) is 32.2 Å². The Bertz CT molecular complexity index is 4080. The minimum absolute atomic E-state index is 0.00199. The van der Waals surface area contributed by atoms with Crippen molar-refractivity contribution in [3.63, 3.8) is 0 Å². The van der Waals surface area contributed by atoms with Gasteiger partial charge in [-0.05, 0) is 137 Å². The molecule has 14 nitrogen and oxygen atoms in total. The molecule has 0 bridgehead atoms. The maximum Gasteiger partial charge on any atom is 0.428 e. The normalized spacial score (nSPS) is 12.0. The highest BCUT2D eigenvalue weighted by atomic mass is 32.2. The van der Waals surface area contributed by atoms with Crippen molar-refractivity contribution in [3.05, 3.63) is 218 Å². The van der Waals surface area contributed by atoms with Crippen LogP contribution < -0.4 is 23.7 Å². The fraction of sp³-hybridized carbons (Fsp3) is 0.143. The summed E-state index contributed by atoms with van der Waals surface area (Å²) in [7, 11) is -13.7. The van der Waals surface area contributed by atoms with E-state index in [0.717, 1.165) is 74.6 Å². The monoisotopic (exact) mass is 1220 g/mol. The number of hydrogen-bond donors (Lipinski definition) is 0. The Kier molecular flexibility index (Phi) is 21.8. The van der Waals surface area contributed by atoms with Crippen LogP contribution in [0.25, 0.3) is 50.5 Å². The van der Waals surface area contributed by atoms with E-state index in [1.54, 1.807) is 78.5 Å². The molecule has 0 saturated carbocycles. The summed E-state index contributed by atoms with van der Waals surface area (Å²) in [5.41, 5.74) is 2.83. The zero-order valence-electron chi connectivity index (χ0n) is 44.7. The van der Waals surface area contributed by atoms with Crippen LogP contribution in [0.2, 0.25) is 0 Å². The fourth-order valence-electron chi connectivity index (χ4n) is 8.14. The molecule has 9 aromatic carbocycles. The van der Waals surface area contributed by atoms with Gasteiger partial charge in [-0.3, -0.25) is 0 Å². The van der Waals surface area contributed by atoms with Gasteiger partial charge in [-0.2, -0.15) is 13.2 Å². The molecule has 0 fully saturated rings. The van der Waals surface area contributed by atoms with E-state index in [0.29, 0.717) is 29.7 Å². The van der Waals surface area contributed by atoms with Crippen LogP contribution in [-0.2, 0) is 30.4 Å². The first-order chi connectivity index (χ1) is 40.0. The molecule has 0 aliphatic heterocycles. The maximum absolute atomic E-state index is 13.4. The van der Waals surface area contributed by atoms with Crippen LogP contribution in [-0.4, -0.2) is 83.4 Å². The van der Waals surface area contributed by atoms with Crippen molar-refractivity contribution in [3.8, 4) is 28.7 Å². The summed E-state index contributed by atoms with van der Waals surface area (Å²) in [6.45, 7) is 11.4. The summed E-state index contributed by atoms with van der Waals surface area (Å²) in [6.07, 6.45) is 0.0477. The molecule has 0 radical (unpaired) electrons. The van der Waals surface area contributed by atoms with Crippen LogP contribution in [0.4, 0.5) is 13.2 Å². The Morgan fingerprint density at radius 2 is 0.929 bits per heavy atom. The first kappa shape index (κ1) is 63.4. The summed E-state index contributed by atoms with van der Waals surface area (Å²) in [5.74, 6) is 2.98. The zero-order chi connectivity index (χ0) is 60.5. The van der Waals surface area contributed by atoms with Gasteiger partial charge in [0.05, 0.1) is 21.3 Å². The molecule has 0 aliphatic rings. The highest BCUT2D eigenvalue weighted by Crippen LogP contribution is 2.34. The lowest BCUT2D eigenvalue weighted by Crippen LogP contribution is -2.39. The summed E-state index contributed by atoms with van der Waals surface area (Å²) in [5, 5.41) is 3.49. The lowest BCUT2D eigenvalue weighted by Gasteiger charge is -2.23. The summed E-state index contributed by atoms with van der Waals surface area (Å²) >= 11 is 1.63. The Morgan fingerprint density at radius 3 is 1.45 bits per heavy atom. The Labute approximate surface area is 489 Å². The molecule has 9 aromatic rings. The van der Waals surface area contributed by atoms with Crippen LogP contribution >= 0.6 is 11.8 Å².